The van der Waals surface area contributed by atoms with Crippen molar-refractivity contribution in [1.29, 1.82) is 0 Å². The van der Waals surface area contributed by atoms with Gasteiger partial charge >= 0.3 is 0 Å². The molecule has 1 aromatic heterocycles. The van der Waals surface area contributed by atoms with E-state index in [0.29, 0.717) is 0 Å². The highest BCUT2D eigenvalue weighted by Gasteiger charge is 2.49. The van der Waals surface area contributed by atoms with E-state index in [9.17, 15) is 0 Å². The zero-order valence-electron chi connectivity index (χ0n) is 47.0. The number of nitrogens with zero attached hydrogens (tertiary/aromatic N) is 2. The third kappa shape index (κ3) is 6.97. The predicted octanol–water partition coefficient (Wildman–Crippen LogP) is 17.2. The molecule has 3 aliphatic carbocycles. The number of benzene rings is 5. The summed E-state index contributed by atoms with van der Waals surface area (Å²) in [5.41, 5.74) is 26.1. The Morgan fingerprint density at radius 3 is 1.29 bits per heavy atom. The van der Waals surface area contributed by atoms with Crippen LogP contribution in [0, 0.1) is 13.8 Å². The van der Waals surface area contributed by atoms with Crippen molar-refractivity contribution < 1.29 is 0 Å². The molecular formula is C66H83BN2S. The van der Waals surface area contributed by atoms with Crippen LogP contribution in [0.4, 0.5) is 34.1 Å². The summed E-state index contributed by atoms with van der Waals surface area (Å²) in [5, 5.41) is 1.42. The van der Waals surface area contributed by atoms with E-state index in [2.05, 4.69) is 226 Å². The van der Waals surface area contributed by atoms with Gasteiger partial charge in [0.15, 0.2) is 0 Å². The van der Waals surface area contributed by atoms with Crippen LogP contribution in [-0.2, 0) is 43.3 Å². The summed E-state index contributed by atoms with van der Waals surface area (Å²) in [6.45, 7) is 49.2. The van der Waals surface area contributed by atoms with Crippen molar-refractivity contribution in [3.63, 3.8) is 0 Å². The van der Waals surface area contributed by atoms with E-state index in [4.69, 9.17) is 0 Å². The molecule has 6 aromatic rings. The molecule has 366 valence electrons. The van der Waals surface area contributed by atoms with Crippen LogP contribution in [0.5, 0.6) is 0 Å². The molecule has 0 spiro atoms. The standard InChI is InChI=1S/C66H83BN2S/c1-38-29-43-46(64(15,16)26-23-61(43,9)10)35-51(38)68-50-22-21-40(59(3,4)5)31-49(50)67-56-53(68)32-41(60(6,7)8)33-54(56)69(52-36-47-44(30-39(52)2)62(11,12)24-27-65(47,17)18)57-42-34-45-48(37-55(42)70-58(57)67)66(19,20)28-25-63(45,13)14/h21-22,29-37H,23-28H2,1-20H3. The lowest BCUT2D eigenvalue weighted by Crippen LogP contribution is -2.61. The van der Waals surface area contributed by atoms with Crippen LogP contribution in [0.2, 0.25) is 0 Å². The van der Waals surface area contributed by atoms with Gasteiger partial charge in [0.2, 0.25) is 0 Å². The third-order valence-electron chi connectivity index (χ3n) is 19.2. The van der Waals surface area contributed by atoms with Gasteiger partial charge in [-0.3, -0.25) is 0 Å². The first-order valence-corrected chi connectivity index (χ1v) is 27.9. The Kier molecular flexibility index (Phi) is 10.1. The molecule has 0 saturated carbocycles. The van der Waals surface area contributed by atoms with Crippen molar-refractivity contribution in [2.24, 2.45) is 0 Å². The van der Waals surface area contributed by atoms with Gasteiger partial charge in [-0.2, -0.15) is 0 Å². The van der Waals surface area contributed by atoms with E-state index >= 15 is 0 Å². The molecular weight excluding hydrogens is 864 g/mol. The molecule has 0 unspecified atom stereocenters. The Labute approximate surface area is 428 Å². The third-order valence-corrected chi connectivity index (χ3v) is 20.4. The molecule has 2 aliphatic heterocycles. The average Bonchev–Trinajstić information content (AvgIpc) is 3.63. The highest BCUT2D eigenvalue weighted by atomic mass is 32.1. The SMILES string of the molecule is Cc1cc2c(cc1N1c3ccc(C(C)(C)C)cc3B3c4sc5cc6c(cc5c4N(c4cc5c(cc4C)C(C)(C)CCC5(C)C)c4cc(C(C)(C)C)cc1c43)C(C)(C)CCC6(C)C)C(C)(C)CCC2(C)C. The minimum absolute atomic E-state index is 0.0167. The molecule has 2 nitrogen and oxygen atoms in total. The van der Waals surface area contributed by atoms with Gasteiger partial charge in [-0.15, -0.1) is 11.3 Å². The molecule has 0 fully saturated rings. The molecule has 0 amide bonds. The Morgan fingerprint density at radius 2 is 0.829 bits per heavy atom. The zero-order chi connectivity index (χ0) is 50.6. The van der Waals surface area contributed by atoms with Gasteiger partial charge in [-0.25, -0.2) is 0 Å². The van der Waals surface area contributed by atoms with E-state index in [1.54, 1.807) is 5.56 Å². The average molecular weight is 947 g/mol. The van der Waals surface area contributed by atoms with Crippen LogP contribution in [0.25, 0.3) is 10.1 Å². The van der Waals surface area contributed by atoms with E-state index in [1.807, 2.05) is 0 Å². The van der Waals surface area contributed by atoms with Crippen LogP contribution < -0.4 is 25.5 Å². The summed E-state index contributed by atoms with van der Waals surface area (Å²) >= 11 is 2.09. The molecule has 5 aliphatic rings. The summed E-state index contributed by atoms with van der Waals surface area (Å²) in [6, 6.07) is 28.7. The van der Waals surface area contributed by atoms with Gasteiger partial charge in [0, 0.05) is 43.3 Å². The minimum atomic E-state index is -0.103. The lowest BCUT2D eigenvalue weighted by Gasteiger charge is -2.47. The number of fused-ring (bicyclic) bond motifs is 9. The van der Waals surface area contributed by atoms with Crippen LogP contribution in [0.3, 0.4) is 0 Å². The number of hydrogen-bond acceptors (Lipinski definition) is 3. The van der Waals surface area contributed by atoms with Crippen molar-refractivity contribution in [3.8, 4) is 0 Å². The second kappa shape index (κ2) is 14.7. The first kappa shape index (κ1) is 48.0. The molecule has 3 heterocycles. The van der Waals surface area contributed by atoms with Crippen LogP contribution in [-0.4, -0.2) is 6.71 Å². The number of hydrogen-bond donors (Lipinski definition) is 0. The molecule has 4 heteroatoms. The maximum atomic E-state index is 2.82. The smallest absolute Gasteiger partial charge is 0.264 e. The number of rotatable bonds is 2. The summed E-state index contributed by atoms with van der Waals surface area (Å²) < 4.78 is 2.91. The highest BCUT2D eigenvalue weighted by Crippen LogP contribution is 2.56. The van der Waals surface area contributed by atoms with Crippen molar-refractivity contribution in [3.05, 3.63) is 122 Å². The van der Waals surface area contributed by atoms with Gasteiger partial charge in [-0.1, -0.05) is 149 Å². The van der Waals surface area contributed by atoms with Crippen LogP contribution >= 0.6 is 11.3 Å². The minimum Gasteiger partial charge on any atom is -0.311 e. The Hall–Kier alpha value is -4.28. The lowest BCUT2D eigenvalue weighted by atomic mass is 9.36. The maximum absolute atomic E-state index is 2.82. The van der Waals surface area contributed by atoms with E-state index in [1.165, 1.54) is 149 Å². The first-order valence-electron chi connectivity index (χ1n) is 27.1. The zero-order valence-corrected chi connectivity index (χ0v) is 47.8. The predicted molar refractivity (Wildman–Crippen MR) is 309 cm³/mol. The molecule has 0 saturated heterocycles. The van der Waals surface area contributed by atoms with Gasteiger partial charge in [0.1, 0.15) is 0 Å². The van der Waals surface area contributed by atoms with E-state index in [-0.39, 0.29) is 50.0 Å². The highest BCUT2D eigenvalue weighted by molar-refractivity contribution is 7.33. The fourth-order valence-electron chi connectivity index (χ4n) is 13.9. The van der Waals surface area contributed by atoms with Crippen molar-refractivity contribution >= 4 is 78.0 Å². The Bertz CT molecular complexity index is 3220. The molecule has 11 rings (SSSR count). The first-order chi connectivity index (χ1) is 32.2. The monoisotopic (exact) mass is 947 g/mol. The van der Waals surface area contributed by atoms with Crippen molar-refractivity contribution in [1.82, 2.24) is 0 Å². The number of thiophene rings is 1. The summed E-state index contributed by atoms with van der Waals surface area (Å²) in [7, 11) is 0. The second-order valence-electron chi connectivity index (χ2n) is 29.2. The molecule has 70 heavy (non-hydrogen) atoms. The van der Waals surface area contributed by atoms with Gasteiger partial charge in [0.05, 0.1) is 5.69 Å². The number of anilines is 6. The van der Waals surface area contributed by atoms with Crippen molar-refractivity contribution in [2.45, 2.75) is 220 Å². The number of aryl methyl sites for hydroxylation is 2. The fourth-order valence-corrected chi connectivity index (χ4v) is 15.2. The Morgan fingerprint density at radius 1 is 0.429 bits per heavy atom. The molecule has 0 N–H and O–H groups in total. The van der Waals surface area contributed by atoms with Crippen molar-refractivity contribution in [2.75, 3.05) is 9.80 Å². The Balaban J connectivity index is 1.31. The summed E-state index contributed by atoms with van der Waals surface area (Å²) in [4.78, 5) is 5.56. The molecule has 5 aromatic carbocycles. The summed E-state index contributed by atoms with van der Waals surface area (Å²) in [6.07, 6.45) is 7.19. The quantitative estimate of drug-likeness (QED) is 0.159. The maximum Gasteiger partial charge on any atom is 0.264 e. The largest absolute Gasteiger partial charge is 0.311 e. The van der Waals surface area contributed by atoms with Crippen LogP contribution in [0.1, 0.15) is 219 Å². The topological polar surface area (TPSA) is 6.48 Å². The van der Waals surface area contributed by atoms with Gasteiger partial charge in [-0.05, 0) is 205 Å². The fraction of sp³-hybridized carbons (Fsp3) is 0.515. The summed E-state index contributed by atoms with van der Waals surface area (Å²) in [5.74, 6) is 0. The molecule has 0 atom stereocenters. The normalized spacial score (nSPS) is 20.8. The molecule has 0 bridgehead atoms. The molecule has 0 radical (unpaired) electrons. The second-order valence-corrected chi connectivity index (χ2v) is 30.3. The lowest BCUT2D eigenvalue weighted by molar-refractivity contribution is 0.332. The van der Waals surface area contributed by atoms with E-state index < -0.39 is 0 Å². The van der Waals surface area contributed by atoms with E-state index in [0.717, 1.165) is 0 Å². The van der Waals surface area contributed by atoms with Gasteiger partial charge in [0.25, 0.3) is 6.71 Å². The van der Waals surface area contributed by atoms with Crippen LogP contribution in [0.15, 0.2) is 66.7 Å². The van der Waals surface area contributed by atoms with Gasteiger partial charge < -0.3 is 9.80 Å².